The van der Waals surface area contributed by atoms with Gasteiger partial charge in [-0.15, -0.1) is 18.3 Å². The normalized spacial score (nSPS) is 16.5. The topological polar surface area (TPSA) is 84.6 Å². The fraction of sp³-hybridized carbons (Fsp3) is 0.294. The van der Waals surface area contributed by atoms with Crippen molar-refractivity contribution < 1.29 is 22.7 Å². The number of urea groups is 1. The quantitative estimate of drug-likeness (QED) is 0.206. The van der Waals surface area contributed by atoms with E-state index in [0.29, 0.717) is 16.7 Å². The molecule has 1 fully saturated rings. The van der Waals surface area contributed by atoms with E-state index in [0.717, 1.165) is 47.4 Å². The average molecular weight is 649 g/mol. The molecule has 1 saturated heterocycles. The van der Waals surface area contributed by atoms with E-state index >= 15 is 0 Å². The second kappa shape index (κ2) is 14.2. The molecule has 1 aromatic heterocycles. The standard InChI is InChI=1S/C34H35F3N6O2S/c1-5-6-26-8-7-22(2)19-30(26)43-24(4)17-18-46-33(43)40-32(44)38-20-23(3)25-9-11-27(12-10-25)31-39-21-42(41-31)28-13-15-29(16-14-28)45-34(35,36)37/h7-16,19-21,24H,5-6,17-18H2,1-4H3,(H,38,44)/b23-20+,40-33?. The summed E-state index contributed by atoms with van der Waals surface area (Å²) in [5.41, 5.74) is 6.56. The minimum absolute atomic E-state index is 0.223. The van der Waals surface area contributed by atoms with Crippen LogP contribution in [0.3, 0.4) is 0 Å². The average Bonchev–Trinajstić information content (AvgIpc) is 3.51. The Kier molecular flexibility index (Phi) is 10.2. The number of anilines is 1. The number of aromatic nitrogens is 3. The predicted molar refractivity (Wildman–Crippen MR) is 177 cm³/mol. The number of nitrogens with zero attached hydrogens (tertiary/aromatic N) is 5. The Labute approximate surface area is 270 Å². The van der Waals surface area contributed by atoms with Crippen LogP contribution in [0.5, 0.6) is 5.75 Å². The van der Waals surface area contributed by atoms with Gasteiger partial charge < -0.3 is 15.0 Å². The summed E-state index contributed by atoms with van der Waals surface area (Å²) in [6.45, 7) is 8.32. The lowest BCUT2D eigenvalue weighted by Gasteiger charge is -2.37. The first kappa shape index (κ1) is 32.8. The third kappa shape index (κ3) is 8.16. The Balaban J connectivity index is 1.25. The molecule has 1 aliphatic heterocycles. The van der Waals surface area contributed by atoms with Crippen LogP contribution in [0.2, 0.25) is 0 Å². The summed E-state index contributed by atoms with van der Waals surface area (Å²) in [5, 5.41) is 7.97. The summed E-state index contributed by atoms with van der Waals surface area (Å²) < 4.78 is 42.7. The van der Waals surface area contributed by atoms with E-state index in [1.165, 1.54) is 46.4 Å². The molecule has 1 aliphatic rings. The number of amidine groups is 1. The highest BCUT2D eigenvalue weighted by molar-refractivity contribution is 8.14. The van der Waals surface area contributed by atoms with E-state index in [1.54, 1.807) is 18.0 Å². The molecule has 5 rings (SSSR count). The molecular weight excluding hydrogens is 613 g/mol. The Morgan fingerprint density at radius 2 is 1.87 bits per heavy atom. The molecule has 0 radical (unpaired) electrons. The van der Waals surface area contributed by atoms with Crippen LogP contribution < -0.4 is 15.0 Å². The third-order valence-corrected chi connectivity index (χ3v) is 8.45. The maximum absolute atomic E-state index is 13.0. The molecule has 3 aromatic carbocycles. The van der Waals surface area contributed by atoms with Crippen LogP contribution >= 0.6 is 11.8 Å². The summed E-state index contributed by atoms with van der Waals surface area (Å²) in [4.78, 5) is 24.0. The summed E-state index contributed by atoms with van der Waals surface area (Å²) in [6, 6.07) is 19.2. The zero-order chi connectivity index (χ0) is 32.8. The molecule has 4 aromatic rings. The summed E-state index contributed by atoms with van der Waals surface area (Å²) in [7, 11) is 0. The van der Waals surface area contributed by atoms with Crippen molar-refractivity contribution in [2.45, 2.75) is 59.4 Å². The van der Waals surface area contributed by atoms with Crippen LogP contribution in [0.1, 0.15) is 50.3 Å². The van der Waals surface area contributed by atoms with Crippen molar-refractivity contribution in [3.05, 3.63) is 95.9 Å². The van der Waals surface area contributed by atoms with Gasteiger partial charge in [-0.3, -0.25) is 0 Å². The molecule has 2 heterocycles. The van der Waals surface area contributed by atoms with Crippen molar-refractivity contribution in [1.29, 1.82) is 0 Å². The highest BCUT2D eigenvalue weighted by Crippen LogP contribution is 2.33. The molecule has 12 heteroatoms. The second-order valence-electron chi connectivity index (χ2n) is 11.0. The van der Waals surface area contributed by atoms with Crippen molar-refractivity contribution in [2.24, 2.45) is 4.99 Å². The Morgan fingerprint density at radius 3 is 2.57 bits per heavy atom. The fourth-order valence-corrected chi connectivity index (χ4v) is 6.29. The molecule has 0 aliphatic carbocycles. The number of nitrogens with one attached hydrogen (secondary N) is 1. The number of allylic oxidation sites excluding steroid dienone is 1. The lowest BCUT2D eigenvalue weighted by molar-refractivity contribution is -0.274. The monoisotopic (exact) mass is 648 g/mol. The fourth-order valence-electron chi connectivity index (χ4n) is 5.09. The van der Waals surface area contributed by atoms with E-state index in [4.69, 9.17) is 0 Å². The number of alkyl halides is 3. The number of amides is 2. The van der Waals surface area contributed by atoms with Gasteiger partial charge in [0.1, 0.15) is 12.1 Å². The van der Waals surface area contributed by atoms with Crippen LogP contribution in [0.15, 0.2) is 84.2 Å². The molecule has 2 amide bonds. The van der Waals surface area contributed by atoms with E-state index < -0.39 is 12.4 Å². The van der Waals surface area contributed by atoms with Crippen molar-refractivity contribution in [3.8, 4) is 22.8 Å². The molecular formula is C34H35F3N6O2S. The highest BCUT2D eigenvalue weighted by atomic mass is 32.2. The first-order valence-electron chi connectivity index (χ1n) is 15.0. The van der Waals surface area contributed by atoms with E-state index in [1.807, 2.05) is 31.2 Å². The number of halogens is 3. The smallest absolute Gasteiger partial charge is 0.406 e. The first-order valence-corrected chi connectivity index (χ1v) is 16.0. The van der Waals surface area contributed by atoms with Gasteiger partial charge in [-0.25, -0.2) is 14.5 Å². The number of hydrogen-bond acceptors (Lipinski definition) is 5. The number of aliphatic imine (C=N–C) groups is 1. The molecule has 1 unspecified atom stereocenters. The zero-order valence-corrected chi connectivity index (χ0v) is 26.8. The number of carbonyl (C=O) groups excluding carboxylic acids is 1. The Bertz CT molecular complexity index is 1730. The minimum atomic E-state index is -4.75. The molecule has 0 saturated carbocycles. The lowest BCUT2D eigenvalue weighted by atomic mass is 10.0. The molecule has 8 nitrogen and oxygen atoms in total. The molecule has 0 spiro atoms. The van der Waals surface area contributed by atoms with Gasteiger partial charge in [-0.1, -0.05) is 61.5 Å². The number of hydrogen-bond donors (Lipinski definition) is 1. The van der Waals surface area contributed by atoms with Gasteiger partial charge >= 0.3 is 12.4 Å². The van der Waals surface area contributed by atoms with Crippen LogP contribution in [-0.2, 0) is 6.42 Å². The number of rotatable bonds is 8. The third-order valence-electron chi connectivity index (χ3n) is 7.47. The molecule has 0 bridgehead atoms. The predicted octanol–water partition coefficient (Wildman–Crippen LogP) is 8.55. The Hall–Kier alpha value is -4.58. The van der Waals surface area contributed by atoms with Gasteiger partial charge in [-0.2, -0.15) is 4.99 Å². The summed E-state index contributed by atoms with van der Waals surface area (Å²) >= 11 is 1.60. The van der Waals surface area contributed by atoms with Gasteiger partial charge in [0, 0.05) is 29.2 Å². The van der Waals surface area contributed by atoms with Gasteiger partial charge in [-0.05, 0) is 86.2 Å². The molecule has 240 valence electrons. The van der Waals surface area contributed by atoms with E-state index in [9.17, 15) is 18.0 Å². The van der Waals surface area contributed by atoms with Gasteiger partial charge in [0.15, 0.2) is 11.0 Å². The van der Waals surface area contributed by atoms with Gasteiger partial charge in [0.05, 0.1) is 5.69 Å². The molecule has 46 heavy (non-hydrogen) atoms. The number of benzene rings is 3. The number of thioether (sulfide) groups is 1. The SMILES string of the molecule is CCCc1ccc(C)cc1N1C(=NC(=O)N/C=C(\C)c2ccc(-c3ncn(-c4ccc(OC(F)(F)F)cc4)n3)cc2)SCCC1C. The summed E-state index contributed by atoms with van der Waals surface area (Å²) in [5.74, 6) is 1.04. The second-order valence-corrected chi connectivity index (χ2v) is 12.1. The zero-order valence-electron chi connectivity index (χ0n) is 26.0. The number of carbonyl (C=O) groups is 1. The van der Waals surface area contributed by atoms with Crippen molar-refractivity contribution in [3.63, 3.8) is 0 Å². The van der Waals surface area contributed by atoms with Crippen molar-refractivity contribution in [2.75, 3.05) is 10.7 Å². The van der Waals surface area contributed by atoms with E-state index in [-0.39, 0.29) is 11.8 Å². The van der Waals surface area contributed by atoms with Gasteiger partial charge in [0.2, 0.25) is 0 Å². The first-order chi connectivity index (χ1) is 22.0. The maximum atomic E-state index is 13.0. The van der Waals surface area contributed by atoms with Crippen molar-refractivity contribution >= 4 is 34.2 Å². The van der Waals surface area contributed by atoms with Crippen molar-refractivity contribution in [1.82, 2.24) is 20.1 Å². The van der Waals surface area contributed by atoms with Crippen LogP contribution in [0, 0.1) is 6.92 Å². The minimum Gasteiger partial charge on any atom is -0.406 e. The van der Waals surface area contributed by atoms with E-state index in [2.05, 4.69) is 69.0 Å². The van der Waals surface area contributed by atoms with Crippen LogP contribution in [-0.4, -0.2) is 44.1 Å². The number of ether oxygens (including phenoxy) is 1. The molecule has 1 atom stereocenters. The van der Waals surface area contributed by atoms with Gasteiger partial charge in [0.25, 0.3) is 0 Å². The van der Waals surface area contributed by atoms with Crippen LogP contribution in [0.25, 0.3) is 22.6 Å². The van der Waals surface area contributed by atoms with Crippen LogP contribution in [0.4, 0.5) is 23.7 Å². The largest absolute Gasteiger partial charge is 0.573 e. The Morgan fingerprint density at radius 1 is 1.13 bits per heavy atom. The number of aryl methyl sites for hydroxylation is 2. The highest BCUT2D eigenvalue weighted by Gasteiger charge is 2.31. The summed E-state index contributed by atoms with van der Waals surface area (Å²) in [6.07, 6.45) is 1.38. The lowest BCUT2D eigenvalue weighted by Crippen LogP contribution is -2.42. The maximum Gasteiger partial charge on any atom is 0.573 e. The molecule has 1 N–H and O–H groups in total.